The summed E-state index contributed by atoms with van der Waals surface area (Å²) in [4.78, 5) is 0. The smallest absolute Gasteiger partial charge is 0.0395 e. The van der Waals surface area contributed by atoms with E-state index in [1.54, 1.807) is 0 Å². The summed E-state index contributed by atoms with van der Waals surface area (Å²) in [6.45, 7) is 25.9. The van der Waals surface area contributed by atoms with E-state index in [-0.39, 0.29) is 21.7 Å². The van der Waals surface area contributed by atoms with Crippen molar-refractivity contribution in [3.8, 4) is 11.1 Å². The molecule has 0 saturated carbocycles. The van der Waals surface area contributed by atoms with Crippen molar-refractivity contribution in [3.05, 3.63) is 107 Å². The molecule has 0 amide bonds. The molecule has 0 radical (unpaired) electrons. The molecule has 0 aliphatic carbocycles. The first-order valence-electron chi connectivity index (χ1n) is 15.6. The second-order valence-electron chi connectivity index (χ2n) is 16.3. The molecule has 0 atom stereocenters. The summed E-state index contributed by atoms with van der Waals surface area (Å²) in [5.74, 6) is 0. The lowest BCUT2D eigenvalue weighted by Gasteiger charge is -2.30. The molecule has 5 aromatic rings. The average Bonchev–Trinajstić information content (AvgIpc) is 3.24. The minimum Gasteiger partial charge on any atom is -0.135 e. The van der Waals surface area contributed by atoms with E-state index in [0.29, 0.717) is 0 Å². The van der Waals surface area contributed by atoms with Gasteiger partial charge in [-0.2, -0.15) is 0 Å². The van der Waals surface area contributed by atoms with Crippen LogP contribution < -0.4 is 0 Å². The first kappa shape index (κ1) is 30.6. The van der Waals surface area contributed by atoms with Crippen molar-refractivity contribution >= 4 is 31.5 Å². The van der Waals surface area contributed by atoms with Crippen molar-refractivity contribution in [3.63, 3.8) is 0 Å². The Bertz CT molecular complexity index is 1740. The van der Waals surface area contributed by atoms with Gasteiger partial charge in [0.15, 0.2) is 0 Å². The molecule has 0 N–H and O–H groups in total. The molecule has 4 aromatic carbocycles. The van der Waals surface area contributed by atoms with Gasteiger partial charge < -0.3 is 0 Å². The third-order valence-corrected chi connectivity index (χ3v) is 9.74. The normalized spacial score (nSPS) is 13.3. The molecule has 5 rings (SSSR count). The second kappa shape index (κ2) is 10.7. The Balaban J connectivity index is 1.56. The minimum atomic E-state index is -0.0217. The van der Waals surface area contributed by atoms with Gasteiger partial charge in [0.05, 0.1) is 0 Å². The molecule has 0 unspecified atom stereocenters. The zero-order chi connectivity index (χ0) is 30.7. The molecule has 1 heterocycles. The van der Waals surface area contributed by atoms with Crippen LogP contribution >= 0.6 is 11.3 Å². The van der Waals surface area contributed by atoms with Gasteiger partial charge in [-0.25, -0.2) is 0 Å². The largest absolute Gasteiger partial charge is 0.135 e. The Morgan fingerprint density at radius 3 is 1.90 bits per heavy atom. The van der Waals surface area contributed by atoms with Crippen LogP contribution in [0.25, 0.3) is 31.3 Å². The standard InChI is InChI=1S/C41H50S/c1-38(2,3)25-27-15-14-16-29(23-27)30-17-12-13-18-33(30)41(10,11)26-28-19-22-35-32(24-28)31-20-21-34(39(4,5)6)36(37(31)42-35)40(7,8)9/h12-24H,25-26H2,1-11H3. The summed E-state index contributed by atoms with van der Waals surface area (Å²) in [6, 6.07) is 30.2. The van der Waals surface area contributed by atoms with Gasteiger partial charge in [0.1, 0.15) is 0 Å². The molecule has 42 heavy (non-hydrogen) atoms. The molecule has 1 heteroatoms. The Hall–Kier alpha value is -2.90. The van der Waals surface area contributed by atoms with Gasteiger partial charge in [-0.1, -0.05) is 143 Å². The van der Waals surface area contributed by atoms with Crippen LogP contribution in [-0.4, -0.2) is 0 Å². The third kappa shape index (κ3) is 6.23. The maximum absolute atomic E-state index is 2.48. The lowest BCUT2D eigenvalue weighted by Crippen LogP contribution is -2.22. The maximum atomic E-state index is 2.48. The van der Waals surface area contributed by atoms with Gasteiger partial charge in [-0.3, -0.25) is 0 Å². The van der Waals surface area contributed by atoms with Crippen molar-refractivity contribution in [2.75, 3.05) is 0 Å². The highest BCUT2D eigenvalue weighted by Crippen LogP contribution is 2.45. The minimum absolute atomic E-state index is 0.0217. The molecule has 0 fully saturated rings. The molecule has 0 saturated heterocycles. The highest BCUT2D eigenvalue weighted by molar-refractivity contribution is 7.26. The van der Waals surface area contributed by atoms with E-state index in [9.17, 15) is 0 Å². The van der Waals surface area contributed by atoms with E-state index in [1.165, 1.54) is 59.1 Å². The number of fused-ring (bicyclic) bond motifs is 3. The van der Waals surface area contributed by atoms with Crippen molar-refractivity contribution in [2.24, 2.45) is 5.41 Å². The monoisotopic (exact) mass is 574 g/mol. The maximum Gasteiger partial charge on any atom is 0.0395 e. The molecular weight excluding hydrogens is 525 g/mol. The molecule has 0 aliphatic rings. The Labute approximate surface area is 259 Å². The van der Waals surface area contributed by atoms with Gasteiger partial charge in [0.2, 0.25) is 0 Å². The lowest BCUT2D eigenvalue weighted by atomic mass is 9.74. The molecule has 0 bridgehead atoms. The Kier molecular flexibility index (Phi) is 7.76. The molecule has 0 spiro atoms. The molecule has 0 nitrogen and oxygen atoms in total. The van der Waals surface area contributed by atoms with Crippen LogP contribution in [0.4, 0.5) is 0 Å². The molecular formula is C41H50S. The van der Waals surface area contributed by atoms with Crippen molar-refractivity contribution in [1.29, 1.82) is 0 Å². The fourth-order valence-electron chi connectivity index (χ4n) is 6.76. The van der Waals surface area contributed by atoms with E-state index in [4.69, 9.17) is 0 Å². The first-order valence-corrected chi connectivity index (χ1v) is 16.4. The van der Waals surface area contributed by atoms with Gasteiger partial charge >= 0.3 is 0 Å². The van der Waals surface area contributed by atoms with Crippen LogP contribution in [0.3, 0.4) is 0 Å². The predicted molar refractivity (Wildman–Crippen MR) is 188 cm³/mol. The summed E-state index contributed by atoms with van der Waals surface area (Å²) in [6.07, 6.45) is 2.07. The molecule has 220 valence electrons. The van der Waals surface area contributed by atoms with Gasteiger partial charge in [0, 0.05) is 20.2 Å². The van der Waals surface area contributed by atoms with Crippen LogP contribution in [0, 0.1) is 5.41 Å². The van der Waals surface area contributed by atoms with E-state index in [2.05, 4.69) is 155 Å². The van der Waals surface area contributed by atoms with E-state index < -0.39 is 0 Å². The second-order valence-corrected chi connectivity index (χ2v) is 17.4. The van der Waals surface area contributed by atoms with Crippen LogP contribution in [0.1, 0.15) is 104 Å². The van der Waals surface area contributed by atoms with Crippen LogP contribution in [0.2, 0.25) is 0 Å². The SMILES string of the molecule is CC(C)(C)Cc1cccc(-c2ccccc2C(C)(C)Cc2ccc3sc4c(C(C)(C)C)c(C(C)(C)C)ccc4c3c2)c1. The van der Waals surface area contributed by atoms with Crippen molar-refractivity contribution < 1.29 is 0 Å². The molecule has 0 aliphatic heterocycles. The number of thiophene rings is 1. The zero-order valence-corrected chi connectivity index (χ0v) is 28.6. The van der Waals surface area contributed by atoms with Crippen molar-refractivity contribution in [1.82, 2.24) is 0 Å². The summed E-state index contributed by atoms with van der Waals surface area (Å²) < 4.78 is 2.85. The van der Waals surface area contributed by atoms with Gasteiger partial charge in [-0.15, -0.1) is 11.3 Å². The van der Waals surface area contributed by atoms with Crippen LogP contribution in [-0.2, 0) is 29.1 Å². The van der Waals surface area contributed by atoms with Crippen LogP contribution in [0.5, 0.6) is 0 Å². The highest BCUT2D eigenvalue weighted by atomic mass is 32.1. The van der Waals surface area contributed by atoms with Gasteiger partial charge in [0.25, 0.3) is 0 Å². The van der Waals surface area contributed by atoms with Crippen LogP contribution in [0.15, 0.2) is 78.9 Å². The number of benzene rings is 4. The lowest BCUT2D eigenvalue weighted by molar-refractivity contribution is 0.411. The first-order chi connectivity index (χ1) is 19.4. The fraction of sp³-hybridized carbons (Fsp3) is 0.415. The topological polar surface area (TPSA) is 0 Å². The Morgan fingerprint density at radius 1 is 0.548 bits per heavy atom. The fourth-order valence-corrected chi connectivity index (χ4v) is 8.20. The summed E-state index contributed by atoms with van der Waals surface area (Å²) in [5, 5.41) is 2.81. The predicted octanol–water partition coefficient (Wildman–Crippen LogP) is 12.4. The van der Waals surface area contributed by atoms with Gasteiger partial charge in [-0.05, 0) is 85.6 Å². The van der Waals surface area contributed by atoms with E-state index in [1.807, 2.05) is 11.3 Å². The highest BCUT2D eigenvalue weighted by Gasteiger charge is 2.29. The van der Waals surface area contributed by atoms with E-state index in [0.717, 1.165) is 12.8 Å². The average molecular weight is 575 g/mol. The van der Waals surface area contributed by atoms with E-state index >= 15 is 0 Å². The Morgan fingerprint density at radius 2 is 1.24 bits per heavy atom. The number of hydrogen-bond donors (Lipinski definition) is 0. The number of rotatable bonds is 5. The quantitative estimate of drug-likeness (QED) is 0.196. The molecule has 1 aromatic heterocycles. The summed E-state index contributed by atoms with van der Waals surface area (Å²) >= 11 is 1.97. The number of hydrogen-bond acceptors (Lipinski definition) is 1. The van der Waals surface area contributed by atoms with Crippen molar-refractivity contribution in [2.45, 2.75) is 105 Å². The summed E-state index contributed by atoms with van der Waals surface area (Å²) in [7, 11) is 0. The zero-order valence-electron chi connectivity index (χ0n) is 27.8. The summed E-state index contributed by atoms with van der Waals surface area (Å²) in [5.41, 5.74) is 10.3. The third-order valence-electron chi connectivity index (χ3n) is 8.54.